The summed E-state index contributed by atoms with van der Waals surface area (Å²) in [5.41, 5.74) is 1.58. The largest absolute Gasteiger partial charge is 0.416 e. The molecule has 1 fully saturated rings. The molecule has 0 bridgehead atoms. The number of aromatic nitrogens is 2. The smallest absolute Gasteiger partial charge is 0.353 e. The number of amides is 1. The van der Waals surface area contributed by atoms with Crippen LogP contribution in [0.25, 0.3) is 11.4 Å². The maximum atomic E-state index is 13.2. The highest BCUT2D eigenvalue weighted by atomic mass is 19.4. The number of carbonyl (C=O) groups excluding carboxylic acids is 1. The second kappa shape index (κ2) is 9.56. The Morgan fingerprint density at radius 3 is 2.33 bits per heavy atom. The molecule has 8 nitrogen and oxygen atoms in total. The van der Waals surface area contributed by atoms with Gasteiger partial charge >= 0.3 is 6.18 Å². The Morgan fingerprint density at radius 2 is 1.69 bits per heavy atom. The van der Waals surface area contributed by atoms with Gasteiger partial charge in [-0.05, 0) is 39.0 Å². The average molecular weight is 499 g/mol. The number of anilines is 1. The predicted octanol–water partition coefficient (Wildman–Crippen LogP) is 4.96. The normalized spacial score (nSPS) is 14.2. The molecule has 0 atom stereocenters. The summed E-state index contributed by atoms with van der Waals surface area (Å²) in [4.78, 5) is 36.3. The Kier molecular flexibility index (Phi) is 6.66. The van der Waals surface area contributed by atoms with Gasteiger partial charge in [0, 0.05) is 60.2 Å². The second-order valence-electron chi connectivity index (χ2n) is 8.70. The summed E-state index contributed by atoms with van der Waals surface area (Å²) in [5.74, 6) is 0.510. The summed E-state index contributed by atoms with van der Waals surface area (Å²) in [5, 5.41) is 11.2. The van der Waals surface area contributed by atoms with Gasteiger partial charge in [-0.15, -0.1) is 0 Å². The van der Waals surface area contributed by atoms with Gasteiger partial charge < -0.3 is 9.80 Å². The predicted molar refractivity (Wildman–Crippen MR) is 128 cm³/mol. The number of aryl methyl sites for hydroxylation is 2. The Bertz CT molecular complexity index is 1340. The zero-order chi connectivity index (χ0) is 26.2. The van der Waals surface area contributed by atoms with Crippen molar-refractivity contribution in [3.05, 3.63) is 80.5 Å². The molecule has 0 N–H and O–H groups in total. The lowest BCUT2D eigenvalue weighted by Gasteiger charge is -2.36. The van der Waals surface area contributed by atoms with Crippen LogP contribution in [0.2, 0.25) is 0 Å². The van der Waals surface area contributed by atoms with Crippen LogP contribution in [0.5, 0.6) is 0 Å². The Balaban J connectivity index is 1.55. The first-order chi connectivity index (χ1) is 17.0. The number of rotatable bonds is 4. The molecule has 0 unspecified atom stereocenters. The highest BCUT2D eigenvalue weighted by Gasteiger charge is 2.31. The van der Waals surface area contributed by atoms with Crippen LogP contribution < -0.4 is 4.90 Å². The first-order valence-electron chi connectivity index (χ1n) is 11.3. The fraction of sp³-hybridized carbons (Fsp3) is 0.320. The molecule has 0 saturated carbocycles. The summed E-state index contributed by atoms with van der Waals surface area (Å²) in [6.45, 7) is 6.86. The van der Waals surface area contributed by atoms with E-state index in [4.69, 9.17) is 0 Å². The molecule has 188 valence electrons. The van der Waals surface area contributed by atoms with Crippen LogP contribution >= 0.6 is 0 Å². The number of hydrogen-bond donors (Lipinski definition) is 0. The zero-order valence-corrected chi connectivity index (χ0v) is 20.0. The molecule has 0 spiro atoms. The molecule has 2 aromatic carbocycles. The van der Waals surface area contributed by atoms with Crippen molar-refractivity contribution in [2.45, 2.75) is 26.9 Å². The van der Waals surface area contributed by atoms with Gasteiger partial charge in [-0.25, -0.2) is 9.97 Å². The lowest BCUT2D eigenvalue weighted by molar-refractivity contribution is -0.385. The van der Waals surface area contributed by atoms with Gasteiger partial charge in [-0.2, -0.15) is 13.2 Å². The van der Waals surface area contributed by atoms with E-state index in [1.54, 1.807) is 36.9 Å². The average Bonchev–Trinajstić information content (AvgIpc) is 2.85. The molecule has 1 aromatic heterocycles. The van der Waals surface area contributed by atoms with Gasteiger partial charge in [0.2, 0.25) is 0 Å². The van der Waals surface area contributed by atoms with Crippen LogP contribution in [0.3, 0.4) is 0 Å². The van der Waals surface area contributed by atoms with E-state index in [2.05, 4.69) is 9.97 Å². The summed E-state index contributed by atoms with van der Waals surface area (Å²) in [6.07, 6.45) is -4.47. The molecule has 3 aromatic rings. The molecule has 1 amide bonds. The Labute approximate surface area is 205 Å². The van der Waals surface area contributed by atoms with Crippen molar-refractivity contribution in [3.63, 3.8) is 0 Å². The third kappa shape index (κ3) is 5.00. The first kappa shape index (κ1) is 25.1. The van der Waals surface area contributed by atoms with Crippen molar-refractivity contribution >= 4 is 17.4 Å². The first-order valence-corrected chi connectivity index (χ1v) is 11.3. The van der Waals surface area contributed by atoms with Gasteiger partial charge in [0.1, 0.15) is 5.82 Å². The van der Waals surface area contributed by atoms with E-state index < -0.39 is 16.7 Å². The maximum absolute atomic E-state index is 13.2. The molecule has 4 rings (SSSR count). The molecule has 1 aliphatic rings. The van der Waals surface area contributed by atoms with Crippen LogP contribution in [0.15, 0.2) is 42.5 Å². The number of carbonyl (C=O) groups is 1. The molecular formula is C25H24F3N5O3. The van der Waals surface area contributed by atoms with Gasteiger partial charge in [0.25, 0.3) is 11.6 Å². The van der Waals surface area contributed by atoms with Crippen LogP contribution in [-0.2, 0) is 6.18 Å². The third-order valence-electron chi connectivity index (χ3n) is 6.33. The lowest BCUT2D eigenvalue weighted by Crippen LogP contribution is -2.49. The van der Waals surface area contributed by atoms with Gasteiger partial charge in [-0.3, -0.25) is 14.9 Å². The molecule has 11 heteroatoms. The van der Waals surface area contributed by atoms with E-state index in [0.29, 0.717) is 43.3 Å². The Morgan fingerprint density at radius 1 is 1.00 bits per heavy atom. The van der Waals surface area contributed by atoms with Crippen molar-refractivity contribution in [3.8, 4) is 11.4 Å². The number of alkyl halides is 3. The van der Waals surface area contributed by atoms with Crippen molar-refractivity contribution < 1.29 is 22.9 Å². The topological polar surface area (TPSA) is 92.5 Å². The van der Waals surface area contributed by atoms with Gasteiger partial charge in [-0.1, -0.05) is 18.2 Å². The van der Waals surface area contributed by atoms with E-state index in [1.807, 2.05) is 11.8 Å². The number of benzene rings is 2. The van der Waals surface area contributed by atoms with Crippen LogP contribution in [0.1, 0.15) is 32.7 Å². The highest BCUT2D eigenvalue weighted by molar-refractivity contribution is 5.95. The van der Waals surface area contributed by atoms with Gasteiger partial charge in [0.15, 0.2) is 5.82 Å². The minimum atomic E-state index is -4.47. The van der Waals surface area contributed by atoms with Crippen LogP contribution in [0, 0.1) is 30.9 Å². The zero-order valence-electron chi connectivity index (χ0n) is 20.0. The van der Waals surface area contributed by atoms with Gasteiger partial charge in [0.05, 0.1) is 10.5 Å². The number of nitro groups is 1. The van der Waals surface area contributed by atoms with E-state index >= 15 is 0 Å². The summed E-state index contributed by atoms with van der Waals surface area (Å²) in [7, 11) is 0. The van der Waals surface area contributed by atoms with E-state index in [0.717, 1.165) is 17.7 Å². The minimum Gasteiger partial charge on any atom is -0.353 e. The van der Waals surface area contributed by atoms with Crippen molar-refractivity contribution in [2.24, 2.45) is 0 Å². The number of hydrogen-bond acceptors (Lipinski definition) is 6. The lowest BCUT2D eigenvalue weighted by atomic mass is 10.1. The van der Waals surface area contributed by atoms with Crippen molar-refractivity contribution in [2.75, 3.05) is 31.1 Å². The highest BCUT2D eigenvalue weighted by Crippen LogP contribution is 2.32. The standard InChI is InChI=1S/C25H24F3N5O3/c1-15-7-8-19(14-21(15)33(35)36)24(34)32-11-9-31(10-12-32)23-16(2)17(3)29-22(30-23)18-5-4-6-20(13-18)25(26,27)28/h4-8,13-14H,9-12H2,1-3H3. The van der Waals surface area contributed by atoms with E-state index in [-0.39, 0.29) is 28.5 Å². The fourth-order valence-corrected chi connectivity index (χ4v) is 4.13. The summed E-state index contributed by atoms with van der Waals surface area (Å²) < 4.78 is 39.6. The summed E-state index contributed by atoms with van der Waals surface area (Å²) in [6, 6.07) is 9.34. The number of nitrogens with zero attached hydrogens (tertiary/aromatic N) is 5. The fourth-order valence-electron chi connectivity index (χ4n) is 4.13. The minimum absolute atomic E-state index is 0.103. The second-order valence-corrected chi connectivity index (χ2v) is 8.70. The van der Waals surface area contributed by atoms with Crippen molar-refractivity contribution in [1.29, 1.82) is 0 Å². The molecule has 2 heterocycles. The van der Waals surface area contributed by atoms with E-state index in [1.165, 1.54) is 12.1 Å². The number of nitro benzene ring substituents is 1. The molecule has 0 radical (unpaired) electrons. The third-order valence-corrected chi connectivity index (χ3v) is 6.33. The van der Waals surface area contributed by atoms with Crippen LogP contribution in [0.4, 0.5) is 24.7 Å². The monoisotopic (exact) mass is 499 g/mol. The maximum Gasteiger partial charge on any atom is 0.416 e. The molecular weight excluding hydrogens is 475 g/mol. The molecule has 0 aliphatic carbocycles. The number of piperazine rings is 1. The number of halogens is 3. The quantitative estimate of drug-likeness (QED) is 0.372. The molecule has 36 heavy (non-hydrogen) atoms. The molecule has 1 aliphatic heterocycles. The summed E-state index contributed by atoms with van der Waals surface area (Å²) >= 11 is 0. The Hall–Kier alpha value is -4.02. The van der Waals surface area contributed by atoms with Crippen LogP contribution in [-0.4, -0.2) is 51.9 Å². The molecule has 1 saturated heterocycles. The van der Waals surface area contributed by atoms with Crippen molar-refractivity contribution in [1.82, 2.24) is 14.9 Å². The van der Waals surface area contributed by atoms with E-state index in [9.17, 15) is 28.1 Å². The SMILES string of the molecule is Cc1ccc(C(=O)N2CCN(c3nc(-c4cccc(C(F)(F)F)c4)nc(C)c3C)CC2)cc1[N+](=O)[O-].